The second-order valence-corrected chi connectivity index (χ2v) is 5.25. The molecule has 0 fully saturated rings. The van der Waals surface area contributed by atoms with Crippen molar-refractivity contribution in [1.29, 1.82) is 0 Å². The van der Waals surface area contributed by atoms with Gasteiger partial charge in [-0.1, -0.05) is 24.3 Å². The third kappa shape index (κ3) is 5.39. The fraction of sp³-hybridized carbons (Fsp3) is 0.176. The Morgan fingerprint density at radius 3 is 2.40 bits per heavy atom. The molecule has 0 aliphatic rings. The number of hydrazone groups is 1. The molecule has 0 aliphatic carbocycles. The van der Waals surface area contributed by atoms with Gasteiger partial charge in [0.2, 0.25) is 0 Å². The number of para-hydroxylation sites is 3. The van der Waals surface area contributed by atoms with Crippen molar-refractivity contribution in [3.05, 3.63) is 54.1 Å². The Hall–Kier alpha value is -2.74. The van der Waals surface area contributed by atoms with Crippen LogP contribution in [0.25, 0.3) is 0 Å². The predicted molar refractivity (Wildman–Crippen MR) is 97.6 cm³/mol. The molecule has 0 aliphatic heterocycles. The molecule has 2 aromatic carbocycles. The number of alkyl halides is 2. The lowest BCUT2D eigenvalue weighted by molar-refractivity contribution is -0.0499. The lowest BCUT2D eigenvalue weighted by Crippen LogP contribution is -2.25. The fourth-order valence-electron chi connectivity index (χ4n) is 2.06. The molecule has 8 heteroatoms. The highest BCUT2D eigenvalue weighted by atomic mass is 32.1. The van der Waals surface area contributed by atoms with Crippen molar-refractivity contribution in [1.82, 2.24) is 5.43 Å². The maximum atomic E-state index is 12.5. The molecule has 0 saturated heterocycles. The number of benzene rings is 2. The van der Waals surface area contributed by atoms with Crippen molar-refractivity contribution in [2.75, 3.05) is 12.4 Å². The monoisotopic (exact) mass is 365 g/mol. The lowest BCUT2D eigenvalue weighted by Gasteiger charge is -2.12. The number of methoxy groups -OCH3 is 1. The van der Waals surface area contributed by atoms with E-state index in [1.54, 1.807) is 44.4 Å². The molecule has 0 unspecified atom stereocenters. The molecule has 0 atom stereocenters. The van der Waals surface area contributed by atoms with Crippen LogP contribution in [0.3, 0.4) is 0 Å². The van der Waals surface area contributed by atoms with Crippen LogP contribution < -0.4 is 20.2 Å². The lowest BCUT2D eigenvalue weighted by atomic mass is 10.1. The first-order valence-corrected chi connectivity index (χ1v) is 7.70. The first kappa shape index (κ1) is 18.6. The Balaban J connectivity index is 2.07. The van der Waals surface area contributed by atoms with Gasteiger partial charge >= 0.3 is 6.61 Å². The topological polar surface area (TPSA) is 54.9 Å². The van der Waals surface area contributed by atoms with E-state index in [4.69, 9.17) is 17.0 Å². The minimum atomic E-state index is -2.91. The fourth-order valence-corrected chi connectivity index (χ4v) is 2.21. The van der Waals surface area contributed by atoms with Crippen LogP contribution in [0.4, 0.5) is 14.5 Å². The van der Waals surface area contributed by atoms with Gasteiger partial charge < -0.3 is 14.8 Å². The second kappa shape index (κ2) is 8.93. The van der Waals surface area contributed by atoms with Crippen LogP contribution in [0.1, 0.15) is 12.5 Å². The Labute approximate surface area is 149 Å². The summed E-state index contributed by atoms with van der Waals surface area (Å²) >= 11 is 5.18. The first-order chi connectivity index (χ1) is 12.0. The minimum absolute atomic E-state index is 0.0455. The summed E-state index contributed by atoms with van der Waals surface area (Å²) in [5, 5.41) is 7.30. The van der Waals surface area contributed by atoms with Crippen molar-refractivity contribution in [2.45, 2.75) is 13.5 Å². The summed E-state index contributed by atoms with van der Waals surface area (Å²) in [6.45, 7) is -1.25. The summed E-state index contributed by atoms with van der Waals surface area (Å²) in [6.07, 6.45) is 0. The third-order valence-electron chi connectivity index (χ3n) is 3.17. The Kier molecular flexibility index (Phi) is 6.64. The van der Waals surface area contributed by atoms with Crippen LogP contribution in [-0.2, 0) is 0 Å². The molecule has 0 amide bonds. The molecular formula is C17H17F2N3O2S. The van der Waals surface area contributed by atoms with E-state index in [9.17, 15) is 8.78 Å². The smallest absolute Gasteiger partial charge is 0.387 e. The molecule has 0 heterocycles. The average molecular weight is 365 g/mol. The Morgan fingerprint density at radius 1 is 1.08 bits per heavy atom. The molecule has 25 heavy (non-hydrogen) atoms. The van der Waals surface area contributed by atoms with E-state index in [2.05, 4.69) is 20.6 Å². The summed E-state index contributed by atoms with van der Waals surface area (Å²) in [5.74, 6) is 0.673. The van der Waals surface area contributed by atoms with Gasteiger partial charge in [0.1, 0.15) is 11.5 Å². The standard InChI is InChI=1S/C17H17F2N3O2S/c1-11(12-7-3-5-9-14(12)24-16(18)19)21-22-17(25)20-13-8-4-6-10-15(13)23-2/h3-10,16H,1-2H3,(H2,20,22,25). The number of nitrogens with one attached hydrogen (secondary N) is 2. The van der Waals surface area contributed by atoms with Gasteiger partial charge in [-0.05, 0) is 43.4 Å². The van der Waals surface area contributed by atoms with E-state index >= 15 is 0 Å². The predicted octanol–water partition coefficient (Wildman–Crippen LogP) is 4.01. The first-order valence-electron chi connectivity index (χ1n) is 7.29. The molecule has 132 valence electrons. The summed E-state index contributed by atoms with van der Waals surface area (Å²) < 4.78 is 34.7. The maximum absolute atomic E-state index is 12.5. The number of hydrogen-bond acceptors (Lipinski definition) is 4. The van der Waals surface area contributed by atoms with Crippen molar-refractivity contribution in [3.8, 4) is 11.5 Å². The van der Waals surface area contributed by atoms with E-state index < -0.39 is 6.61 Å². The molecule has 2 N–H and O–H groups in total. The highest BCUT2D eigenvalue weighted by Crippen LogP contribution is 2.23. The normalized spacial score (nSPS) is 11.2. The van der Waals surface area contributed by atoms with Crippen LogP contribution in [0.15, 0.2) is 53.6 Å². The number of hydrogen-bond donors (Lipinski definition) is 2. The minimum Gasteiger partial charge on any atom is -0.495 e. The number of rotatable bonds is 6. The Morgan fingerprint density at radius 2 is 1.72 bits per heavy atom. The molecule has 2 aromatic rings. The van der Waals surface area contributed by atoms with Crippen molar-refractivity contribution < 1.29 is 18.3 Å². The van der Waals surface area contributed by atoms with Gasteiger partial charge in [0.15, 0.2) is 5.11 Å². The van der Waals surface area contributed by atoms with Gasteiger partial charge in [-0.2, -0.15) is 13.9 Å². The van der Waals surface area contributed by atoms with Crippen LogP contribution in [0.2, 0.25) is 0 Å². The number of anilines is 1. The van der Waals surface area contributed by atoms with Gasteiger partial charge in [0, 0.05) is 5.56 Å². The van der Waals surface area contributed by atoms with Crippen molar-refractivity contribution in [2.24, 2.45) is 5.10 Å². The molecular weight excluding hydrogens is 348 g/mol. The van der Waals surface area contributed by atoms with Gasteiger partial charge in [-0.3, -0.25) is 5.43 Å². The number of thiocarbonyl (C=S) groups is 1. The van der Waals surface area contributed by atoms with E-state index in [0.29, 0.717) is 22.7 Å². The molecule has 0 aromatic heterocycles. The zero-order valence-corrected chi connectivity index (χ0v) is 14.4. The van der Waals surface area contributed by atoms with Crippen molar-refractivity contribution >= 4 is 28.7 Å². The molecule has 5 nitrogen and oxygen atoms in total. The number of nitrogens with zero attached hydrogens (tertiary/aromatic N) is 1. The van der Waals surface area contributed by atoms with Crippen LogP contribution >= 0.6 is 12.2 Å². The highest BCUT2D eigenvalue weighted by Gasteiger charge is 2.11. The van der Waals surface area contributed by atoms with Crippen LogP contribution in [-0.4, -0.2) is 24.5 Å². The Bertz CT molecular complexity index is 769. The van der Waals surface area contributed by atoms with Gasteiger partial charge in [0.05, 0.1) is 18.5 Å². The SMILES string of the molecule is COc1ccccc1NC(=S)NN=C(C)c1ccccc1OC(F)F. The van der Waals surface area contributed by atoms with Gasteiger partial charge in [-0.15, -0.1) is 0 Å². The van der Waals surface area contributed by atoms with Crippen LogP contribution in [0, 0.1) is 0 Å². The summed E-state index contributed by atoms with van der Waals surface area (Å²) in [4.78, 5) is 0. The quantitative estimate of drug-likeness (QED) is 0.460. The molecule has 0 bridgehead atoms. The highest BCUT2D eigenvalue weighted by molar-refractivity contribution is 7.80. The van der Waals surface area contributed by atoms with E-state index in [1.807, 2.05) is 12.1 Å². The van der Waals surface area contributed by atoms with Crippen molar-refractivity contribution in [3.63, 3.8) is 0 Å². The maximum Gasteiger partial charge on any atom is 0.387 e. The van der Waals surface area contributed by atoms with E-state index in [-0.39, 0.29) is 10.9 Å². The summed E-state index contributed by atoms with van der Waals surface area (Å²) in [6, 6.07) is 13.7. The van der Waals surface area contributed by atoms with Gasteiger partial charge in [0.25, 0.3) is 0 Å². The number of halogens is 2. The van der Waals surface area contributed by atoms with E-state index in [0.717, 1.165) is 0 Å². The average Bonchev–Trinajstić information content (AvgIpc) is 2.60. The molecule has 0 spiro atoms. The van der Waals surface area contributed by atoms with Gasteiger partial charge in [-0.25, -0.2) is 0 Å². The summed E-state index contributed by atoms with van der Waals surface area (Å²) in [5.41, 5.74) is 4.23. The number of ether oxygens (including phenoxy) is 2. The zero-order chi connectivity index (χ0) is 18.2. The molecule has 2 rings (SSSR count). The summed E-state index contributed by atoms with van der Waals surface area (Å²) in [7, 11) is 1.55. The molecule has 0 radical (unpaired) electrons. The van der Waals surface area contributed by atoms with E-state index in [1.165, 1.54) is 6.07 Å². The molecule has 0 saturated carbocycles. The largest absolute Gasteiger partial charge is 0.495 e. The second-order valence-electron chi connectivity index (χ2n) is 4.84. The zero-order valence-electron chi connectivity index (χ0n) is 13.6. The third-order valence-corrected chi connectivity index (χ3v) is 3.37. The van der Waals surface area contributed by atoms with Crippen LogP contribution in [0.5, 0.6) is 11.5 Å².